The molecule has 0 heteroatoms. The van der Waals surface area contributed by atoms with Gasteiger partial charge in [-0.25, -0.2) is 0 Å². The molecule has 0 aromatic carbocycles. The Hall–Kier alpha value is -0.260. The molecule has 0 atom stereocenters. The van der Waals surface area contributed by atoms with Gasteiger partial charge in [0.15, 0.2) is 0 Å². The van der Waals surface area contributed by atoms with Gasteiger partial charge < -0.3 is 0 Å². The molecule has 0 N–H and O–H groups in total. The zero-order valence-electron chi connectivity index (χ0n) is 7.19. The highest BCUT2D eigenvalue weighted by molar-refractivity contribution is 5.04. The molecule has 1 saturated carbocycles. The first-order valence-electron chi connectivity index (χ1n) is 4.51. The standard InChI is InChI=1S/C10H18/c1-3-6-9(2)10-7-4-5-8-10/h6,10H,3-5,7-8H2,1-2H3/b9-6-. The molecule has 0 bridgehead atoms. The summed E-state index contributed by atoms with van der Waals surface area (Å²) in [6, 6.07) is 0. The largest absolute Gasteiger partial charge is 0.0856 e. The molecular formula is C10H18. The van der Waals surface area contributed by atoms with Crippen LogP contribution in [0.15, 0.2) is 11.6 Å². The summed E-state index contributed by atoms with van der Waals surface area (Å²) in [6.45, 7) is 4.51. The molecule has 0 radical (unpaired) electrons. The zero-order chi connectivity index (χ0) is 7.40. The Labute approximate surface area is 64.3 Å². The molecule has 0 nitrogen and oxygen atoms in total. The lowest BCUT2D eigenvalue weighted by Gasteiger charge is -2.08. The SMILES string of the molecule is CC/C=C(/C)C1CCCC1. The van der Waals surface area contributed by atoms with E-state index in [2.05, 4.69) is 19.9 Å². The monoisotopic (exact) mass is 138 g/mol. The third-order valence-electron chi connectivity index (χ3n) is 2.53. The predicted octanol–water partition coefficient (Wildman–Crippen LogP) is 3.53. The van der Waals surface area contributed by atoms with Crippen LogP contribution in [-0.4, -0.2) is 0 Å². The minimum absolute atomic E-state index is 0.944. The van der Waals surface area contributed by atoms with Gasteiger partial charge in [0.25, 0.3) is 0 Å². The summed E-state index contributed by atoms with van der Waals surface area (Å²) >= 11 is 0. The quantitative estimate of drug-likeness (QED) is 0.512. The van der Waals surface area contributed by atoms with Crippen molar-refractivity contribution in [1.29, 1.82) is 0 Å². The van der Waals surface area contributed by atoms with E-state index >= 15 is 0 Å². The van der Waals surface area contributed by atoms with E-state index in [1.54, 1.807) is 5.57 Å². The molecule has 1 aliphatic rings. The minimum Gasteiger partial charge on any atom is -0.0856 e. The molecule has 58 valence electrons. The number of rotatable bonds is 2. The smallest absolute Gasteiger partial charge is 0.0206 e. The van der Waals surface area contributed by atoms with Crippen molar-refractivity contribution in [3.05, 3.63) is 11.6 Å². The molecule has 0 aliphatic heterocycles. The number of hydrogen-bond donors (Lipinski definition) is 0. The average molecular weight is 138 g/mol. The third-order valence-corrected chi connectivity index (χ3v) is 2.53. The van der Waals surface area contributed by atoms with Gasteiger partial charge in [0, 0.05) is 0 Å². The first-order valence-corrected chi connectivity index (χ1v) is 4.51. The van der Waals surface area contributed by atoms with Crippen molar-refractivity contribution in [2.45, 2.75) is 46.0 Å². The summed E-state index contributed by atoms with van der Waals surface area (Å²) in [5.41, 5.74) is 1.64. The first kappa shape index (κ1) is 7.84. The maximum atomic E-state index is 2.38. The van der Waals surface area contributed by atoms with Gasteiger partial charge in [0.2, 0.25) is 0 Å². The highest BCUT2D eigenvalue weighted by atomic mass is 14.2. The summed E-state index contributed by atoms with van der Waals surface area (Å²) in [4.78, 5) is 0. The van der Waals surface area contributed by atoms with Crippen LogP contribution in [0.1, 0.15) is 46.0 Å². The molecule has 0 spiro atoms. The van der Waals surface area contributed by atoms with E-state index < -0.39 is 0 Å². The lowest BCUT2D eigenvalue weighted by Crippen LogP contribution is -1.93. The van der Waals surface area contributed by atoms with Crippen LogP contribution in [0.5, 0.6) is 0 Å². The van der Waals surface area contributed by atoms with Crippen LogP contribution in [0.2, 0.25) is 0 Å². The van der Waals surface area contributed by atoms with E-state index in [4.69, 9.17) is 0 Å². The van der Waals surface area contributed by atoms with Gasteiger partial charge in [-0.1, -0.05) is 31.4 Å². The van der Waals surface area contributed by atoms with Crippen LogP contribution in [-0.2, 0) is 0 Å². The Kier molecular flexibility index (Phi) is 2.98. The molecule has 1 fully saturated rings. The van der Waals surface area contributed by atoms with Gasteiger partial charge in [-0.3, -0.25) is 0 Å². The van der Waals surface area contributed by atoms with E-state index in [0.717, 1.165) is 5.92 Å². The van der Waals surface area contributed by atoms with Crippen molar-refractivity contribution >= 4 is 0 Å². The van der Waals surface area contributed by atoms with Crippen LogP contribution in [0, 0.1) is 5.92 Å². The molecule has 1 aliphatic carbocycles. The highest BCUT2D eigenvalue weighted by Gasteiger charge is 2.15. The van der Waals surface area contributed by atoms with Crippen LogP contribution in [0.25, 0.3) is 0 Å². The van der Waals surface area contributed by atoms with Gasteiger partial charge in [-0.05, 0) is 32.1 Å². The molecule has 0 aromatic heterocycles. The lowest BCUT2D eigenvalue weighted by atomic mass is 9.98. The molecule has 0 heterocycles. The first-order chi connectivity index (χ1) is 4.84. The van der Waals surface area contributed by atoms with Gasteiger partial charge in [-0.2, -0.15) is 0 Å². The van der Waals surface area contributed by atoms with E-state index in [-0.39, 0.29) is 0 Å². The normalized spacial score (nSPS) is 22.0. The summed E-state index contributed by atoms with van der Waals surface area (Å²) < 4.78 is 0. The molecule has 0 aromatic rings. The van der Waals surface area contributed by atoms with Gasteiger partial charge >= 0.3 is 0 Å². The van der Waals surface area contributed by atoms with E-state index in [9.17, 15) is 0 Å². The third kappa shape index (κ3) is 1.86. The average Bonchev–Trinajstić information content (AvgIpc) is 2.38. The minimum atomic E-state index is 0.944. The van der Waals surface area contributed by atoms with Crippen molar-refractivity contribution in [2.24, 2.45) is 5.92 Å². The van der Waals surface area contributed by atoms with Crippen LogP contribution < -0.4 is 0 Å². The Morgan fingerprint density at radius 3 is 2.50 bits per heavy atom. The van der Waals surface area contributed by atoms with Gasteiger partial charge in [0.05, 0.1) is 0 Å². The van der Waals surface area contributed by atoms with E-state index in [0.29, 0.717) is 0 Å². The van der Waals surface area contributed by atoms with Crippen molar-refractivity contribution in [3.8, 4) is 0 Å². The summed E-state index contributed by atoms with van der Waals surface area (Å²) in [5, 5.41) is 0. The fraction of sp³-hybridized carbons (Fsp3) is 0.800. The summed E-state index contributed by atoms with van der Waals surface area (Å²) in [6.07, 6.45) is 9.40. The molecule has 0 unspecified atom stereocenters. The molecule has 0 amide bonds. The predicted molar refractivity (Wildman–Crippen MR) is 46.0 cm³/mol. The second kappa shape index (κ2) is 3.80. The van der Waals surface area contributed by atoms with Crippen molar-refractivity contribution in [1.82, 2.24) is 0 Å². The van der Waals surface area contributed by atoms with Crippen LogP contribution >= 0.6 is 0 Å². The topological polar surface area (TPSA) is 0 Å². The second-order valence-electron chi connectivity index (χ2n) is 3.34. The fourth-order valence-corrected chi connectivity index (χ4v) is 1.87. The molecule has 10 heavy (non-hydrogen) atoms. The summed E-state index contributed by atoms with van der Waals surface area (Å²) in [5.74, 6) is 0.944. The summed E-state index contributed by atoms with van der Waals surface area (Å²) in [7, 11) is 0. The number of allylic oxidation sites excluding steroid dienone is 2. The van der Waals surface area contributed by atoms with Crippen molar-refractivity contribution in [2.75, 3.05) is 0 Å². The van der Waals surface area contributed by atoms with E-state index in [1.165, 1.54) is 32.1 Å². The molecule has 0 saturated heterocycles. The Balaban J connectivity index is 2.39. The maximum Gasteiger partial charge on any atom is -0.0206 e. The van der Waals surface area contributed by atoms with Gasteiger partial charge in [0.1, 0.15) is 0 Å². The van der Waals surface area contributed by atoms with Crippen LogP contribution in [0.3, 0.4) is 0 Å². The van der Waals surface area contributed by atoms with Crippen molar-refractivity contribution in [3.63, 3.8) is 0 Å². The second-order valence-corrected chi connectivity index (χ2v) is 3.34. The number of hydrogen-bond acceptors (Lipinski definition) is 0. The zero-order valence-corrected chi connectivity index (χ0v) is 7.19. The Morgan fingerprint density at radius 1 is 1.40 bits per heavy atom. The van der Waals surface area contributed by atoms with Gasteiger partial charge in [-0.15, -0.1) is 0 Å². The Morgan fingerprint density at radius 2 is 2.00 bits per heavy atom. The molecular weight excluding hydrogens is 120 g/mol. The maximum absolute atomic E-state index is 2.38. The molecule has 1 rings (SSSR count). The van der Waals surface area contributed by atoms with Crippen LogP contribution in [0.4, 0.5) is 0 Å². The van der Waals surface area contributed by atoms with Crippen molar-refractivity contribution < 1.29 is 0 Å². The fourth-order valence-electron chi connectivity index (χ4n) is 1.87. The van der Waals surface area contributed by atoms with E-state index in [1.807, 2.05) is 0 Å². The Bertz CT molecular complexity index is 116. The lowest BCUT2D eigenvalue weighted by molar-refractivity contribution is 0.639. The highest BCUT2D eigenvalue weighted by Crippen LogP contribution is 2.30.